The van der Waals surface area contributed by atoms with Crippen LogP contribution in [-0.2, 0) is 6.54 Å². The Kier molecular flexibility index (Phi) is 4.38. The smallest absolute Gasteiger partial charge is 0.271 e. The third-order valence-corrected chi connectivity index (χ3v) is 3.39. The quantitative estimate of drug-likeness (QED) is 0.482. The minimum absolute atomic E-state index is 0.0335. The maximum absolute atomic E-state index is 12.0. The van der Waals surface area contributed by atoms with Crippen LogP contribution in [0.5, 0.6) is 0 Å². The van der Waals surface area contributed by atoms with E-state index in [0.29, 0.717) is 5.56 Å². The Bertz CT molecular complexity index is 581. The molecule has 0 unspecified atom stereocenters. The number of pyridine rings is 1. The number of carbonyl (C=O) groups excluding carboxylic acids is 2. The van der Waals surface area contributed by atoms with E-state index >= 15 is 0 Å². The van der Waals surface area contributed by atoms with Gasteiger partial charge in [0.05, 0.1) is 4.88 Å². The molecule has 19 heavy (non-hydrogen) atoms. The van der Waals surface area contributed by atoms with Gasteiger partial charge in [0.15, 0.2) is 12.4 Å². The van der Waals surface area contributed by atoms with Crippen LogP contribution in [0.15, 0.2) is 42.0 Å². The molecule has 2 aromatic rings. The minimum Gasteiger partial charge on any atom is -0.288 e. The lowest BCUT2D eigenvalue weighted by atomic mass is 10.2. The molecule has 2 heterocycles. The average molecular weight is 276 g/mol. The Morgan fingerprint density at radius 1 is 1.32 bits per heavy atom. The Balaban J connectivity index is 2.11. The van der Waals surface area contributed by atoms with Crippen molar-refractivity contribution in [3.05, 3.63) is 52.5 Å². The first-order valence-corrected chi connectivity index (χ1v) is 6.61. The van der Waals surface area contributed by atoms with Crippen LogP contribution in [0.3, 0.4) is 0 Å². The van der Waals surface area contributed by atoms with Crippen molar-refractivity contribution < 1.29 is 14.2 Å². The standard InChI is InChI=1S/C13H13N3O2S/c1-14-15-13(18)10-4-2-6-16(8-10)9-11(17)12-5-3-7-19-12/h2-8,14H,9H2,1H3/p+1. The molecule has 0 fully saturated rings. The summed E-state index contributed by atoms with van der Waals surface area (Å²) in [7, 11) is 1.62. The number of nitrogens with one attached hydrogen (secondary N) is 2. The van der Waals surface area contributed by atoms with Crippen molar-refractivity contribution >= 4 is 23.0 Å². The van der Waals surface area contributed by atoms with E-state index in [9.17, 15) is 9.59 Å². The van der Waals surface area contributed by atoms with Crippen molar-refractivity contribution in [1.29, 1.82) is 0 Å². The number of Topliss-reactive ketones (excluding diaryl/α,β-unsaturated/α-hetero) is 1. The summed E-state index contributed by atoms with van der Waals surface area (Å²) < 4.78 is 1.70. The number of thiophene rings is 1. The molecule has 2 N–H and O–H groups in total. The zero-order valence-electron chi connectivity index (χ0n) is 10.4. The number of aromatic nitrogens is 1. The Morgan fingerprint density at radius 3 is 2.84 bits per heavy atom. The van der Waals surface area contributed by atoms with Crippen LogP contribution in [0, 0.1) is 0 Å². The van der Waals surface area contributed by atoms with Gasteiger partial charge in [0.25, 0.3) is 5.91 Å². The molecule has 98 valence electrons. The molecule has 0 spiro atoms. The molecule has 0 saturated heterocycles. The number of ketones is 1. The summed E-state index contributed by atoms with van der Waals surface area (Å²) in [6, 6.07) is 7.08. The van der Waals surface area contributed by atoms with Crippen LogP contribution in [0.2, 0.25) is 0 Å². The van der Waals surface area contributed by atoms with Crippen molar-refractivity contribution in [2.75, 3.05) is 7.05 Å². The van der Waals surface area contributed by atoms with Gasteiger partial charge in [-0.3, -0.25) is 15.0 Å². The summed E-state index contributed by atoms with van der Waals surface area (Å²) in [5.74, 6) is -0.202. The molecule has 6 heteroatoms. The first kappa shape index (κ1) is 13.4. The molecule has 0 aromatic carbocycles. The van der Waals surface area contributed by atoms with E-state index in [2.05, 4.69) is 10.9 Å². The maximum Gasteiger partial charge on any atom is 0.271 e. The van der Waals surface area contributed by atoms with Gasteiger partial charge < -0.3 is 0 Å². The van der Waals surface area contributed by atoms with Gasteiger partial charge in [-0.1, -0.05) is 6.07 Å². The second-order valence-electron chi connectivity index (χ2n) is 3.87. The predicted octanol–water partition coefficient (Wildman–Crippen LogP) is 0.783. The molecule has 0 atom stereocenters. The van der Waals surface area contributed by atoms with Crippen molar-refractivity contribution in [1.82, 2.24) is 10.9 Å². The summed E-state index contributed by atoms with van der Waals surface area (Å²) in [6.45, 7) is 0.223. The fourth-order valence-corrected chi connectivity index (χ4v) is 2.28. The van der Waals surface area contributed by atoms with Crippen molar-refractivity contribution in [2.45, 2.75) is 6.54 Å². The lowest BCUT2D eigenvalue weighted by Gasteiger charge is -2.01. The Morgan fingerprint density at radius 2 is 2.16 bits per heavy atom. The highest BCUT2D eigenvalue weighted by Gasteiger charge is 2.15. The lowest BCUT2D eigenvalue weighted by molar-refractivity contribution is -0.683. The first-order valence-electron chi connectivity index (χ1n) is 5.73. The number of hydrogen-bond donors (Lipinski definition) is 2. The van der Waals surface area contributed by atoms with Gasteiger partial charge >= 0.3 is 0 Å². The van der Waals surface area contributed by atoms with Crippen molar-refractivity contribution in [3.63, 3.8) is 0 Å². The van der Waals surface area contributed by atoms with Gasteiger partial charge in [0.2, 0.25) is 12.3 Å². The number of hydrazine groups is 1. The highest BCUT2D eigenvalue weighted by molar-refractivity contribution is 7.12. The van der Waals surface area contributed by atoms with Gasteiger partial charge in [-0.15, -0.1) is 11.3 Å². The molecule has 0 aliphatic heterocycles. The maximum atomic E-state index is 12.0. The molecule has 0 aliphatic rings. The number of carbonyl (C=O) groups is 2. The van der Waals surface area contributed by atoms with Crippen LogP contribution in [0.4, 0.5) is 0 Å². The molecule has 0 radical (unpaired) electrons. The molecular formula is C13H14N3O2S+. The topological polar surface area (TPSA) is 62.1 Å². The molecule has 2 aromatic heterocycles. The van der Waals surface area contributed by atoms with Gasteiger partial charge in [-0.2, -0.15) is 4.57 Å². The normalized spacial score (nSPS) is 10.2. The van der Waals surface area contributed by atoms with Crippen molar-refractivity contribution in [3.8, 4) is 0 Å². The molecule has 0 bridgehead atoms. The highest BCUT2D eigenvalue weighted by Crippen LogP contribution is 2.09. The van der Waals surface area contributed by atoms with E-state index < -0.39 is 0 Å². The van der Waals surface area contributed by atoms with Crippen LogP contribution < -0.4 is 15.4 Å². The number of amides is 1. The number of nitrogens with zero attached hydrogens (tertiary/aromatic N) is 1. The third kappa shape index (κ3) is 3.46. The summed E-state index contributed by atoms with van der Waals surface area (Å²) in [6.07, 6.45) is 3.42. The molecule has 2 rings (SSSR count). The van der Waals surface area contributed by atoms with Crippen LogP contribution >= 0.6 is 11.3 Å². The fraction of sp³-hybridized carbons (Fsp3) is 0.154. The predicted molar refractivity (Wildman–Crippen MR) is 71.8 cm³/mol. The second kappa shape index (κ2) is 6.21. The van der Waals surface area contributed by atoms with E-state index in [1.165, 1.54) is 11.3 Å². The SMILES string of the molecule is CNNC(=O)c1ccc[n+](CC(=O)c2cccs2)c1. The third-order valence-electron chi connectivity index (χ3n) is 2.48. The largest absolute Gasteiger partial charge is 0.288 e. The molecule has 5 nitrogen and oxygen atoms in total. The highest BCUT2D eigenvalue weighted by atomic mass is 32.1. The molecule has 0 saturated carbocycles. The molecule has 0 aliphatic carbocycles. The zero-order chi connectivity index (χ0) is 13.7. The fourth-order valence-electron chi connectivity index (χ4n) is 1.62. The van der Waals surface area contributed by atoms with E-state index in [4.69, 9.17) is 0 Å². The van der Waals surface area contributed by atoms with Gasteiger partial charge in [-0.05, 0) is 17.5 Å². The number of hydrogen-bond acceptors (Lipinski definition) is 4. The Labute approximate surface area is 114 Å². The van der Waals surface area contributed by atoms with Crippen molar-refractivity contribution in [2.24, 2.45) is 0 Å². The summed E-state index contributed by atoms with van der Waals surface area (Å²) >= 11 is 1.42. The second-order valence-corrected chi connectivity index (χ2v) is 4.82. The van der Waals surface area contributed by atoms with Gasteiger partial charge in [0.1, 0.15) is 5.56 Å². The monoisotopic (exact) mass is 276 g/mol. The van der Waals surface area contributed by atoms with Gasteiger partial charge in [0, 0.05) is 13.1 Å². The summed E-state index contributed by atoms with van der Waals surface area (Å²) in [5, 5.41) is 1.87. The molecule has 1 amide bonds. The van der Waals surface area contributed by atoms with E-state index in [1.54, 1.807) is 42.2 Å². The van der Waals surface area contributed by atoms with E-state index in [-0.39, 0.29) is 18.2 Å². The Hall–Kier alpha value is -2.05. The first-order chi connectivity index (χ1) is 9.20. The van der Waals surface area contributed by atoms with Crippen LogP contribution in [-0.4, -0.2) is 18.7 Å². The number of rotatable bonds is 5. The zero-order valence-corrected chi connectivity index (χ0v) is 11.2. The van der Waals surface area contributed by atoms with Gasteiger partial charge in [-0.25, -0.2) is 5.43 Å². The van der Waals surface area contributed by atoms with E-state index in [0.717, 1.165) is 4.88 Å². The average Bonchev–Trinajstić information content (AvgIpc) is 2.93. The lowest BCUT2D eigenvalue weighted by Crippen LogP contribution is -2.40. The summed E-state index contributed by atoms with van der Waals surface area (Å²) in [4.78, 5) is 24.3. The molecular weight excluding hydrogens is 262 g/mol. The summed E-state index contributed by atoms with van der Waals surface area (Å²) in [5.41, 5.74) is 5.56. The minimum atomic E-state index is -0.236. The van der Waals surface area contributed by atoms with E-state index in [1.807, 2.05) is 11.4 Å². The van der Waals surface area contributed by atoms with Crippen LogP contribution in [0.25, 0.3) is 0 Å². The van der Waals surface area contributed by atoms with Crippen LogP contribution in [0.1, 0.15) is 20.0 Å².